The van der Waals surface area contributed by atoms with Crippen LogP contribution in [0.2, 0.25) is 0 Å². The molecule has 9 nitrogen and oxygen atoms in total. The Kier molecular flexibility index (Phi) is 4.31. The number of halogens is 3. The van der Waals surface area contributed by atoms with Crippen LogP contribution in [0.15, 0.2) is 24.3 Å². The van der Waals surface area contributed by atoms with Crippen molar-refractivity contribution in [1.82, 2.24) is 30.4 Å². The number of nitrogens with zero attached hydrogens (tertiary/aromatic N) is 6. The van der Waals surface area contributed by atoms with Crippen molar-refractivity contribution in [3.63, 3.8) is 0 Å². The number of aromatic nitrogens is 6. The molecular weight excluding hydrogens is 363 g/mol. The first kappa shape index (κ1) is 16.8. The molecule has 0 aliphatic rings. The Morgan fingerprint density at radius 2 is 1.92 bits per heavy atom. The standard InChI is InChI=1S/C12H8F3N7O2S/c1-6-17-19-11(25-6)16-10(23)9-18-21-22(20-9)7-2-4-8(5-3-7)24-12(13,14)15/h2-5H,1H3,(H,16,19,23). The number of carbonyl (C=O) groups excluding carboxylic acids is 1. The van der Waals surface area contributed by atoms with Crippen LogP contribution >= 0.6 is 11.3 Å². The minimum atomic E-state index is -4.78. The molecular formula is C12H8F3N7O2S. The predicted octanol–water partition coefficient (Wildman–Crippen LogP) is 1.97. The molecule has 25 heavy (non-hydrogen) atoms. The first-order valence-corrected chi connectivity index (χ1v) is 7.39. The van der Waals surface area contributed by atoms with Crippen LogP contribution in [-0.2, 0) is 0 Å². The van der Waals surface area contributed by atoms with Crippen LogP contribution < -0.4 is 10.1 Å². The second kappa shape index (κ2) is 6.43. The van der Waals surface area contributed by atoms with E-state index in [2.05, 4.69) is 35.7 Å². The molecule has 0 radical (unpaired) electrons. The third-order valence-electron chi connectivity index (χ3n) is 2.66. The fraction of sp³-hybridized carbons (Fsp3) is 0.167. The minimum absolute atomic E-state index is 0.233. The summed E-state index contributed by atoms with van der Waals surface area (Å²) in [5.41, 5.74) is 0.299. The molecule has 1 N–H and O–H groups in total. The fourth-order valence-electron chi connectivity index (χ4n) is 1.70. The van der Waals surface area contributed by atoms with Crippen LogP contribution in [0.1, 0.15) is 15.6 Å². The number of carbonyl (C=O) groups is 1. The number of hydrogen-bond acceptors (Lipinski definition) is 8. The van der Waals surface area contributed by atoms with E-state index in [0.29, 0.717) is 10.7 Å². The van der Waals surface area contributed by atoms with E-state index in [0.717, 1.165) is 16.9 Å². The van der Waals surface area contributed by atoms with Crippen molar-refractivity contribution >= 4 is 22.4 Å². The predicted molar refractivity (Wildman–Crippen MR) is 78.4 cm³/mol. The molecule has 0 saturated heterocycles. The van der Waals surface area contributed by atoms with Gasteiger partial charge in [-0.05, 0) is 36.4 Å². The van der Waals surface area contributed by atoms with Gasteiger partial charge in [0.1, 0.15) is 10.8 Å². The normalized spacial score (nSPS) is 11.4. The average molecular weight is 371 g/mol. The van der Waals surface area contributed by atoms with Gasteiger partial charge in [0.15, 0.2) is 0 Å². The molecule has 0 atom stereocenters. The summed E-state index contributed by atoms with van der Waals surface area (Å²) in [6.45, 7) is 1.73. The van der Waals surface area contributed by atoms with Gasteiger partial charge >= 0.3 is 6.36 Å². The van der Waals surface area contributed by atoms with Gasteiger partial charge < -0.3 is 4.74 Å². The second-order valence-corrected chi connectivity index (χ2v) is 5.71. The molecule has 1 amide bonds. The Morgan fingerprint density at radius 1 is 1.20 bits per heavy atom. The molecule has 0 aliphatic carbocycles. The van der Waals surface area contributed by atoms with E-state index >= 15 is 0 Å². The highest BCUT2D eigenvalue weighted by Crippen LogP contribution is 2.23. The van der Waals surface area contributed by atoms with Crippen LogP contribution in [0, 0.1) is 6.92 Å². The number of tetrazole rings is 1. The lowest BCUT2D eigenvalue weighted by molar-refractivity contribution is -0.274. The van der Waals surface area contributed by atoms with Gasteiger partial charge in [-0.3, -0.25) is 10.1 Å². The molecule has 1 aromatic carbocycles. The summed E-state index contributed by atoms with van der Waals surface area (Å²) in [5.74, 6) is -1.26. The van der Waals surface area contributed by atoms with Crippen LogP contribution in [0.25, 0.3) is 5.69 Å². The van der Waals surface area contributed by atoms with Crippen molar-refractivity contribution in [2.24, 2.45) is 0 Å². The van der Waals surface area contributed by atoms with Crippen LogP contribution in [0.4, 0.5) is 18.3 Å². The van der Waals surface area contributed by atoms with Crippen LogP contribution in [0.3, 0.4) is 0 Å². The highest BCUT2D eigenvalue weighted by atomic mass is 32.1. The number of hydrogen-bond donors (Lipinski definition) is 1. The maximum Gasteiger partial charge on any atom is 0.573 e. The van der Waals surface area contributed by atoms with E-state index in [9.17, 15) is 18.0 Å². The van der Waals surface area contributed by atoms with Crippen molar-refractivity contribution in [2.45, 2.75) is 13.3 Å². The largest absolute Gasteiger partial charge is 0.573 e. The number of amides is 1. The van der Waals surface area contributed by atoms with E-state index in [1.165, 1.54) is 23.5 Å². The lowest BCUT2D eigenvalue weighted by Gasteiger charge is -2.08. The van der Waals surface area contributed by atoms with Crippen LogP contribution in [0.5, 0.6) is 5.75 Å². The number of alkyl halides is 3. The third-order valence-corrected chi connectivity index (χ3v) is 3.42. The molecule has 0 spiro atoms. The second-order valence-electron chi connectivity index (χ2n) is 4.52. The highest BCUT2D eigenvalue weighted by molar-refractivity contribution is 7.15. The summed E-state index contributed by atoms with van der Waals surface area (Å²) < 4.78 is 40.1. The summed E-state index contributed by atoms with van der Waals surface area (Å²) in [5, 5.41) is 22.0. The van der Waals surface area contributed by atoms with Crippen molar-refractivity contribution in [3.8, 4) is 11.4 Å². The van der Waals surface area contributed by atoms with Crippen molar-refractivity contribution in [2.75, 3.05) is 5.32 Å². The first-order chi connectivity index (χ1) is 11.8. The Morgan fingerprint density at radius 3 is 2.52 bits per heavy atom. The summed E-state index contributed by atoms with van der Waals surface area (Å²) in [4.78, 5) is 13.0. The Bertz CT molecular complexity index is 891. The molecule has 0 bridgehead atoms. The molecule has 3 aromatic rings. The zero-order valence-corrected chi connectivity index (χ0v) is 13.2. The van der Waals surface area contributed by atoms with Gasteiger partial charge in [-0.2, -0.15) is 0 Å². The Labute approximate surface area is 141 Å². The van der Waals surface area contributed by atoms with Crippen molar-refractivity contribution < 1.29 is 22.7 Å². The number of nitrogens with one attached hydrogen (secondary N) is 1. The van der Waals surface area contributed by atoms with Crippen molar-refractivity contribution in [3.05, 3.63) is 35.1 Å². The van der Waals surface area contributed by atoms with E-state index in [1.807, 2.05) is 0 Å². The lowest BCUT2D eigenvalue weighted by Crippen LogP contribution is -2.17. The van der Waals surface area contributed by atoms with Gasteiger partial charge in [0, 0.05) is 0 Å². The minimum Gasteiger partial charge on any atom is -0.406 e. The Hall–Kier alpha value is -3.09. The number of rotatable bonds is 4. The Balaban J connectivity index is 1.71. The number of aryl methyl sites for hydroxylation is 1. The molecule has 2 heterocycles. The van der Waals surface area contributed by atoms with Gasteiger partial charge in [0.2, 0.25) is 5.13 Å². The summed E-state index contributed by atoms with van der Waals surface area (Å²) in [6.07, 6.45) is -4.78. The van der Waals surface area contributed by atoms with Crippen molar-refractivity contribution in [1.29, 1.82) is 0 Å². The molecule has 13 heteroatoms. The maximum absolute atomic E-state index is 12.1. The smallest absolute Gasteiger partial charge is 0.406 e. The topological polar surface area (TPSA) is 108 Å². The molecule has 2 aromatic heterocycles. The van der Waals surface area contributed by atoms with E-state index < -0.39 is 12.3 Å². The third kappa shape index (κ3) is 4.26. The molecule has 0 aliphatic heterocycles. The molecule has 0 unspecified atom stereocenters. The van der Waals surface area contributed by atoms with Gasteiger partial charge in [0.25, 0.3) is 11.7 Å². The van der Waals surface area contributed by atoms with E-state index in [-0.39, 0.29) is 16.7 Å². The maximum atomic E-state index is 12.1. The monoisotopic (exact) mass is 371 g/mol. The quantitative estimate of drug-likeness (QED) is 0.747. The zero-order valence-electron chi connectivity index (χ0n) is 12.4. The highest BCUT2D eigenvalue weighted by Gasteiger charge is 2.31. The van der Waals surface area contributed by atoms with Gasteiger partial charge in [-0.15, -0.1) is 38.4 Å². The molecule has 130 valence electrons. The number of benzene rings is 1. The fourth-order valence-corrected chi connectivity index (χ4v) is 2.28. The van der Waals surface area contributed by atoms with E-state index in [4.69, 9.17) is 0 Å². The molecule has 0 fully saturated rings. The molecule has 0 saturated carbocycles. The number of anilines is 1. The zero-order chi connectivity index (χ0) is 18.0. The number of ether oxygens (including phenoxy) is 1. The average Bonchev–Trinajstić information content (AvgIpc) is 3.16. The van der Waals surface area contributed by atoms with Gasteiger partial charge in [-0.25, -0.2) is 0 Å². The summed E-state index contributed by atoms with van der Waals surface area (Å²) in [7, 11) is 0. The van der Waals surface area contributed by atoms with E-state index in [1.54, 1.807) is 6.92 Å². The summed E-state index contributed by atoms with van der Waals surface area (Å²) >= 11 is 1.18. The van der Waals surface area contributed by atoms with Gasteiger partial charge in [-0.1, -0.05) is 11.3 Å². The lowest BCUT2D eigenvalue weighted by atomic mass is 10.3. The summed E-state index contributed by atoms with van der Waals surface area (Å²) in [6, 6.07) is 4.77. The SMILES string of the molecule is Cc1nnc(NC(=O)c2nnn(-c3ccc(OC(F)(F)F)cc3)n2)s1. The van der Waals surface area contributed by atoms with Crippen LogP contribution in [-0.4, -0.2) is 42.7 Å². The molecule has 3 rings (SSSR count). The first-order valence-electron chi connectivity index (χ1n) is 6.58. The van der Waals surface area contributed by atoms with Gasteiger partial charge in [0.05, 0.1) is 5.69 Å².